The van der Waals surface area contributed by atoms with E-state index in [-0.39, 0.29) is 5.97 Å². The molecule has 0 N–H and O–H groups in total. The van der Waals surface area contributed by atoms with Gasteiger partial charge in [0.2, 0.25) is 0 Å². The quantitative estimate of drug-likeness (QED) is 0.664. The highest BCUT2D eigenvalue weighted by Crippen LogP contribution is 2.23. The van der Waals surface area contributed by atoms with Gasteiger partial charge in [-0.05, 0) is 24.3 Å². The van der Waals surface area contributed by atoms with Gasteiger partial charge in [-0.15, -0.1) is 11.3 Å². The van der Waals surface area contributed by atoms with Crippen molar-refractivity contribution in [3.05, 3.63) is 47.6 Å². The summed E-state index contributed by atoms with van der Waals surface area (Å²) in [6.07, 6.45) is 3.72. The number of carbonyl (C=O) groups is 1. The largest absolute Gasteiger partial charge is 0.465 e. The lowest BCUT2D eigenvalue weighted by Gasteiger charge is -2.02. The number of fused-ring (bicyclic) bond motifs is 1. The van der Waals surface area contributed by atoms with Crippen molar-refractivity contribution in [1.82, 2.24) is 9.55 Å². The minimum absolute atomic E-state index is 0.320. The third-order valence-electron chi connectivity index (χ3n) is 2.74. The standard InChI is InChI=1S/C13H10N2O2S/c1-17-12(16)10-2-3-11-9(8-10)4-6-15(11)13-14-5-7-18-13/h2-8H,1H3. The van der Waals surface area contributed by atoms with E-state index >= 15 is 0 Å². The van der Waals surface area contributed by atoms with Gasteiger partial charge in [-0.1, -0.05) is 0 Å². The summed E-state index contributed by atoms with van der Waals surface area (Å²) in [7, 11) is 1.38. The molecule has 2 aromatic heterocycles. The van der Waals surface area contributed by atoms with E-state index in [9.17, 15) is 4.79 Å². The van der Waals surface area contributed by atoms with Gasteiger partial charge in [0.1, 0.15) is 0 Å². The average Bonchev–Trinajstić information content (AvgIpc) is 3.05. The van der Waals surface area contributed by atoms with Gasteiger partial charge in [-0.25, -0.2) is 9.78 Å². The van der Waals surface area contributed by atoms with Gasteiger partial charge in [0, 0.05) is 23.2 Å². The Morgan fingerprint density at radius 1 is 1.39 bits per heavy atom. The Morgan fingerprint density at radius 3 is 3.00 bits per heavy atom. The molecule has 5 heteroatoms. The maximum atomic E-state index is 11.5. The Labute approximate surface area is 107 Å². The molecule has 0 aliphatic heterocycles. The number of hydrogen-bond donors (Lipinski definition) is 0. The number of hydrogen-bond acceptors (Lipinski definition) is 4. The Morgan fingerprint density at radius 2 is 2.28 bits per heavy atom. The predicted octanol–water partition coefficient (Wildman–Crippen LogP) is 2.87. The van der Waals surface area contributed by atoms with Crippen LogP contribution in [0.4, 0.5) is 0 Å². The molecule has 4 nitrogen and oxygen atoms in total. The summed E-state index contributed by atoms with van der Waals surface area (Å²) in [5, 5.41) is 3.84. The van der Waals surface area contributed by atoms with Crippen molar-refractivity contribution in [1.29, 1.82) is 0 Å². The Bertz CT molecular complexity index is 701. The molecule has 0 amide bonds. The summed E-state index contributed by atoms with van der Waals surface area (Å²) in [4.78, 5) is 15.7. The number of aromatic nitrogens is 2. The van der Waals surface area contributed by atoms with E-state index < -0.39 is 0 Å². The zero-order valence-corrected chi connectivity index (χ0v) is 10.5. The maximum Gasteiger partial charge on any atom is 0.337 e. The van der Waals surface area contributed by atoms with E-state index in [2.05, 4.69) is 4.98 Å². The summed E-state index contributed by atoms with van der Waals surface area (Å²) in [6, 6.07) is 7.45. The highest BCUT2D eigenvalue weighted by Gasteiger charge is 2.09. The van der Waals surface area contributed by atoms with Gasteiger partial charge in [0.05, 0.1) is 18.2 Å². The third kappa shape index (κ3) is 1.69. The second-order valence-corrected chi connectivity index (χ2v) is 4.64. The van der Waals surface area contributed by atoms with E-state index in [0.29, 0.717) is 5.56 Å². The van der Waals surface area contributed by atoms with Crippen molar-refractivity contribution in [3.63, 3.8) is 0 Å². The number of esters is 1. The number of carbonyl (C=O) groups excluding carboxylic acids is 1. The maximum absolute atomic E-state index is 11.5. The highest BCUT2D eigenvalue weighted by atomic mass is 32.1. The summed E-state index contributed by atoms with van der Waals surface area (Å²) < 4.78 is 6.71. The SMILES string of the molecule is COC(=O)c1ccc2c(ccn2-c2nccs2)c1. The molecule has 1 aromatic carbocycles. The van der Waals surface area contributed by atoms with Crippen molar-refractivity contribution in [2.24, 2.45) is 0 Å². The summed E-state index contributed by atoms with van der Waals surface area (Å²) >= 11 is 1.57. The summed E-state index contributed by atoms with van der Waals surface area (Å²) in [5.41, 5.74) is 1.58. The molecule has 3 rings (SSSR count). The lowest BCUT2D eigenvalue weighted by atomic mass is 10.1. The van der Waals surface area contributed by atoms with Gasteiger partial charge in [0.15, 0.2) is 5.13 Å². The molecule has 0 saturated carbocycles. The molecule has 0 radical (unpaired) electrons. The molecule has 0 aliphatic rings. The minimum Gasteiger partial charge on any atom is -0.465 e. The molecular formula is C13H10N2O2S. The molecule has 18 heavy (non-hydrogen) atoms. The van der Waals surface area contributed by atoms with E-state index in [1.807, 2.05) is 34.3 Å². The Hall–Kier alpha value is -2.14. The molecule has 0 bridgehead atoms. The van der Waals surface area contributed by atoms with Crippen LogP contribution in [0.3, 0.4) is 0 Å². The zero-order valence-electron chi connectivity index (χ0n) is 9.66. The first-order valence-electron chi connectivity index (χ1n) is 5.39. The number of ether oxygens (including phenoxy) is 1. The van der Waals surface area contributed by atoms with E-state index in [4.69, 9.17) is 4.74 Å². The fourth-order valence-corrected chi connectivity index (χ4v) is 2.53. The molecule has 0 unspecified atom stereocenters. The minimum atomic E-state index is -0.320. The number of nitrogens with zero attached hydrogens (tertiary/aromatic N) is 2. The number of methoxy groups -OCH3 is 1. The van der Waals surface area contributed by atoms with E-state index in [1.165, 1.54) is 7.11 Å². The molecule has 2 heterocycles. The number of rotatable bonds is 2. The summed E-state index contributed by atoms with van der Waals surface area (Å²) in [6.45, 7) is 0. The molecule has 0 aliphatic carbocycles. The van der Waals surface area contributed by atoms with Crippen LogP contribution in [0.1, 0.15) is 10.4 Å². The Kier molecular flexibility index (Phi) is 2.60. The average molecular weight is 258 g/mol. The van der Waals surface area contributed by atoms with Crippen LogP contribution >= 0.6 is 11.3 Å². The molecule has 0 saturated heterocycles. The van der Waals surface area contributed by atoms with Gasteiger partial charge in [-0.3, -0.25) is 4.57 Å². The zero-order chi connectivity index (χ0) is 12.5. The molecule has 0 fully saturated rings. The van der Waals surface area contributed by atoms with E-state index in [0.717, 1.165) is 16.0 Å². The van der Waals surface area contributed by atoms with Gasteiger partial charge >= 0.3 is 5.97 Å². The van der Waals surface area contributed by atoms with Gasteiger partial charge < -0.3 is 4.74 Å². The monoisotopic (exact) mass is 258 g/mol. The topological polar surface area (TPSA) is 44.1 Å². The number of benzene rings is 1. The van der Waals surface area contributed by atoms with Crippen molar-refractivity contribution < 1.29 is 9.53 Å². The third-order valence-corrected chi connectivity index (χ3v) is 3.51. The van der Waals surface area contributed by atoms with Crippen molar-refractivity contribution in [2.45, 2.75) is 0 Å². The normalized spacial score (nSPS) is 10.7. The van der Waals surface area contributed by atoms with Crippen LogP contribution in [0.2, 0.25) is 0 Å². The highest BCUT2D eigenvalue weighted by molar-refractivity contribution is 7.12. The first-order valence-corrected chi connectivity index (χ1v) is 6.27. The fraction of sp³-hybridized carbons (Fsp3) is 0.0769. The summed E-state index contributed by atoms with van der Waals surface area (Å²) in [5.74, 6) is -0.320. The van der Waals surface area contributed by atoms with Crippen LogP contribution in [0.25, 0.3) is 16.0 Å². The predicted molar refractivity (Wildman–Crippen MR) is 70.3 cm³/mol. The van der Waals surface area contributed by atoms with Gasteiger partial charge in [0.25, 0.3) is 0 Å². The van der Waals surface area contributed by atoms with Crippen LogP contribution in [-0.4, -0.2) is 22.6 Å². The second kappa shape index (κ2) is 4.27. The van der Waals surface area contributed by atoms with Crippen LogP contribution in [-0.2, 0) is 4.74 Å². The first-order chi connectivity index (χ1) is 8.79. The van der Waals surface area contributed by atoms with Crippen molar-refractivity contribution >= 4 is 28.2 Å². The molecule has 0 atom stereocenters. The van der Waals surface area contributed by atoms with Crippen LogP contribution in [0.5, 0.6) is 0 Å². The molecule has 90 valence electrons. The second-order valence-electron chi connectivity index (χ2n) is 3.77. The molecule has 0 spiro atoms. The van der Waals surface area contributed by atoms with Crippen LogP contribution in [0.15, 0.2) is 42.0 Å². The van der Waals surface area contributed by atoms with Gasteiger partial charge in [-0.2, -0.15) is 0 Å². The lowest BCUT2D eigenvalue weighted by Crippen LogP contribution is -2.00. The number of thiazole rings is 1. The molecule has 3 aromatic rings. The first kappa shape index (κ1) is 11.0. The fourth-order valence-electron chi connectivity index (χ4n) is 1.89. The van der Waals surface area contributed by atoms with Crippen LogP contribution in [0, 0.1) is 0 Å². The van der Waals surface area contributed by atoms with Crippen molar-refractivity contribution in [2.75, 3.05) is 7.11 Å². The molecular weight excluding hydrogens is 248 g/mol. The smallest absolute Gasteiger partial charge is 0.337 e. The van der Waals surface area contributed by atoms with Crippen molar-refractivity contribution in [3.8, 4) is 5.13 Å². The van der Waals surface area contributed by atoms with Crippen LogP contribution < -0.4 is 0 Å². The van der Waals surface area contributed by atoms with E-state index in [1.54, 1.807) is 23.6 Å². The Balaban J connectivity index is 2.14. The lowest BCUT2D eigenvalue weighted by molar-refractivity contribution is 0.0601.